The summed E-state index contributed by atoms with van der Waals surface area (Å²) in [6.45, 7) is 13.5. The second-order valence-electron chi connectivity index (χ2n) is 6.66. The van der Waals surface area contributed by atoms with Crippen LogP contribution in [0.5, 0.6) is 0 Å². The normalized spacial score (nSPS) is 20.6. The summed E-state index contributed by atoms with van der Waals surface area (Å²) in [5.74, 6) is 0. The lowest BCUT2D eigenvalue weighted by molar-refractivity contribution is 0.513. The van der Waals surface area contributed by atoms with Gasteiger partial charge in [-0.3, -0.25) is 0 Å². The molecule has 0 bridgehead atoms. The van der Waals surface area contributed by atoms with Crippen LogP contribution < -0.4 is 0 Å². The molecule has 0 fully saturated rings. The fraction of sp³-hybridized carbons (Fsp3) is 0.579. The van der Waals surface area contributed by atoms with Gasteiger partial charge in [0.25, 0.3) is 0 Å². The molecule has 0 saturated heterocycles. The predicted octanol–water partition coefficient (Wildman–Crippen LogP) is 7.26. The van der Waals surface area contributed by atoms with E-state index in [1.165, 1.54) is 33.4 Å². The van der Waals surface area contributed by atoms with Gasteiger partial charge in [0, 0.05) is 28.3 Å². The van der Waals surface area contributed by atoms with Crippen molar-refractivity contribution in [3.8, 4) is 0 Å². The average Bonchev–Trinajstić information content (AvgIpc) is 2.87. The number of allylic oxidation sites excluding steroid dienone is 8. The lowest BCUT2D eigenvalue weighted by Crippen LogP contribution is -2.19. The van der Waals surface area contributed by atoms with Crippen LogP contribution in [-0.2, 0) is 0 Å². The molecule has 0 amide bonds. The Hall–Kier alpha value is -0.460. The highest BCUT2D eigenvalue weighted by Gasteiger charge is 2.37. The van der Waals surface area contributed by atoms with E-state index >= 15 is 0 Å². The molecule has 0 unspecified atom stereocenters. The molecule has 21 heavy (non-hydrogen) atoms. The molecule has 0 aromatic heterocycles. The highest BCUT2D eigenvalue weighted by molar-refractivity contribution is 6.31. The van der Waals surface area contributed by atoms with Crippen LogP contribution in [0.4, 0.5) is 0 Å². The zero-order valence-electron chi connectivity index (χ0n) is 14.1. The number of hydrogen-bond acceptors (Lipinski definition) is 0. The summed E-state index contributed by atoms with van der Waals surface area (Å²) in [5.41, 5.74) is 8.45. The standard InChI is InChI=1S/C19H26Cl2/c1-7-13-11(3)15(9-17(13)20)19(5,6)16-10-18(21)14(8-2)12(16)4/h7-10H2,1-6H3. The molecule has 0 aromatic rings. The van der Waals surface area contributed by atoms with Gasteiger partial charge in [-0.25, -0.2) is 0 Å². The van der Waals surface area contributed by atoms with Crippen LogP contribution in [0.3, 0.4) is 0 Å². The molecule has 0 atom stereocenters. The van der Waals surface area contributed by atoms with Gasteiger partial charge < -0.3 is 0 Å². The van der Waals surface area contributed by atoms with E-state index in [4.69, 9.17) is 23.2 Å². The Labute approximate surface area is 139 Å². The maximum absolute atomic E-state index is 6.49. The SMILES string of the molecule is CCC1=C(Cl)CC(C(C)(C)C2=C(C)C(CC)=C(Cl)C2)=C1C. The van der Waals surface area contributed by atoms with Gasteiger partial charge in [-0.15, -0.1) is 0 Å². The summed E-state index contributed by atoms with van der Waals surface area (Å²) in [6.07, 6.45) is 3.84. The van der Waals surface area contributed by atoms with Crippen molar-refractivity contribution >= 4 is 23.2 Å². The van der Waals surface area contributed by atoms with Crippen molar-refractivity contribution in [3.05, 3.63) is 43.5 Å². The van der Waals surface area contributed by atoms with Crippen LogP contribution in [-0.4, -0.2) is 0 Å². The van der Waals surface area contributed by atoms with Crippen LogP contribution in [0.2, 0.25) is 0 Å². The number of hydrogen-bond donors (Lipinski definition) is 0. The molecule has 0 spiro atoms. The van der Waals surface area contributed by atoms with Crippen LogP contribution in [0.15, 0.2) is 43.5 Å². The molecule has 0 aliphatic heterocycles. The van der Waals surface area contributed by atoms with Gasteiger partial charge in [0.05, 0.1) is 0 Å². The van der Waals surface area contributed by atoms with Crippen molar-refractivity contribution in [2.75, 3.05) is 0 Å². The smallest absolute Gasteiger partial charge is 0.0256 e. The maximum atomic E-state index is 6.49. The van der Waals surface area contributed by atoms with E-state index in [1.807, 2.05) is 0 Å². The second-order valence-corrected chi connectivity index (χ2v) is 7.57. The van der Waals surface area contributed by atoms with Crippen LogP contribution >= 0.6 is 23.2 Å². The molecular formula is C19H26Cl2. The molecule has 0 nitrogen and oxygen atoms in total. The Bertz CT molecular complexity index is 543. The van der Waals surface area contributed by atoms with Gasteiger partial charge in [0.1, 0.15) is 0 Å². The van der Waals surface area contributed by atoms with Crippen molar-refractivity contribution in [1.82, 2.24) is 0 Å². The Morgan fingerprint density at radius 3 is 1.38 bits per heavy atom. The van der Waals surface area contributed by atoms with E-state index in [0.717, 1.165) is 35.7 Å². The molecule has 0 heterocycles. The Balaban J connectivity index is 2.43. The average molecular weight is 325 g/mol. The molecule has 2 rings (SSSR count). The number of rotatable bonds is 4. The first-order valence-electron chi connectivity index (χ1n) is 7.91. The van der Waals surface area contributed by atoms with Crippen molar-refractivity contribution in [1.29, 1.82) is 0 Å². The monoisotopic (exact) mass is 324 g/mol. The fourth-order valence-corrected chi connectivity index (χ4v) is 4.85. The summed E-state index contributed by atoms with van der Waals surface area (Å²) >= 11 is 13.0. The van der Waals surface area contributed by atoms with E-state index in [2.05, 4.69) is 41.5 Å². The summed E-state index contributed by atoms with van der Waals surface area (Å²) in [4.78, 5) is 0. The molecular weight excluding hydrogens is 299 g/mol. The Morgan fingerprint density at radius 1 is 0.810 bits per heavy atom. The van der Waals surface area contributed by atoms with E-state index in [1.54, 1.807) is 0 Å². The first-order chi connectivity index (χ1) is 9.75. The minimum Gasteiger partial charge on any atom is -0.0885 e. The molecule has 2 aliphatic rings. The minimum absolute atomic E-state index is 0.0300. The molecule has 0 radical (unpaired) electrons. The van der Waals surface area contributed by atoms with Crippen LogP contribution in [0.1, 0.15) is 67.2 Å². The van der Waals surface area contributed by atoms with Gasteiger partial charge in [-0.05, 0) is 49.0 Å². The maximum Gasteiger partial charge on any atom is 0.0256 e. The first kappa shape index (κ1) is 16.9. The predicted molar refractivity (Wildman–Crippen MR) is 94.8 cm³/mol. The topological polar surface area (TPSA) is 0 Å². The van der Waals surface area contributed by atoms with Gasteiger partial charge in [0.2, 0.25) is 0 Å². The van der Waals surface area contributed by atoms with E-state index in [-0.39, 0.29) is 5.41 Å². The van der Waals surface area contributed by atoms with Gasteiger partial charge >= 0.3 is 0 Å². The molecule has 0 N–H and O–H groups in total. The molecule has 2 heteroatoms. The lowest BCUT2D eigenvalue weighted by Gasteiger charge is -2.31. The lowest BCUT2D eigenvalue weighted by atomic mass is 9.73. The summed E-state index contributed by atoms with van der Waals surface area (Å²) < 4.78 is 0. The van der Waals surface area contributed by atoms with Gasteiger partial charge in [0.15, 0.2) is 0 Å². The van der Waals surface area contributed by atoms with Gasteiger partial charge in [-0.2, -0.15) is 0 Å². The van der Waals surface area contributed by atoms with E-state index < -0.39 is 0 Å². The third kappa shape index (κ3) is 2.66. The third-order valence-electron chi connectivity index (χ3n) is 5.35. The zero-order valence-corrected chi connectivity index (χ0v) is 15.6. The zero-order chi connectivity index (χ0) is 15.9. The largest absolute Gasteiger partial charge is 0.0885 e. The Kier molecular flexibility index (Phi) is 4.81. The van der Waals surface area contributed by atoms with Crippen molar-refractivity contribution in [3.63, 3.8) is 0 Å². The van der Waals surface area contributed by atoms with E-state index in [9.17, 15) is 0 Å². The highest BCUT2D eigenvalue weighted by Crippen LogP contribution is 2.53. The van der Waals surface area contributed by atoms with Crippen molar-refractivity contribution < 1.29 is 0 Å². The van der Waals surface area contributed by atoms with Crippen LogP contribution in [0.25, 0.3) is 0 Å². The summed E-state index contributed by atoms with van der Waals surface area (Å²) in [6, 6.07) is 0. The van der Waals surface area contributed by atoms with Gasteiger partial charge in [-0.1, -0.05) is 62.0 Å². The summed E-state index contributed by atoms with van der Waals surface area (Å²) in [5, 5.41) is 2.06. The molecule has 0 aromatic carbocycles. The summed E-state index contributed by atoms with van der Waals surface area (Å²) in [7, 11) is 0. The van der Waals surface area contributed by atoms with Crippen molar-refractivity contribution in [2.24, 2.45) is 5.41 Å². The third-order valence-corrected chi connectivity index (χ3v) is 6.07. The van der Waals surface area contributed by atoms with E-state index in [0.29, 0.717) is 0 Å². The number of halogens is 2. The van der Waals surface area contributed by atoms with Crippen molar-refractivity contribution in [2.45, 2.75) is 67.2 Å². The first-order valence-corrected chi connectivity index (χ1v) is 8.67. The molecule has 2 aliphatic carbocycles. The minimum atomic E-state index is 0.0300. The van der Waals surface area contributed by atoms with Crippen LogP contribution in [0, 0.1) is 5.41 Å². The molecule has 116 valence electrons. The fourth-order valence-electron chi connectivity index (χ4n) is 4.04. The second kappa shape index (κ2) is 5.97. The molecule has 0 saturated carbocycles. The highest BCUT2D eigenvalue weighted by atomic mass is 35.5. The quantitative estimate of drug-likeness (QED) is 0.510. The Morgan fingerprint density at radius 2 is 1.14 bits per heavy atom.